The van der Waals surface area contributed by atoms with E-state index < -0.39 is 5.97 Å². The third-order valence-corrected chi connectivity index (χ3v) is 5.90. The number of carbonyl (C=O) groups is 1. The van der Waals surface area contributed by atoms with E-state index in [-0.39, 0.29) is 5.92 Å². The van der Waals surface area contributed by atoms with Crippen molar-refractivity contribution in [2.45, 2.75) is 25.7 Å². The second kappa shape index (κ2) is 8.61. The minimum atomic E-state index is -0.661. The molecule has 2 aliphatic rings. The number of hydrogen-bond donors (Lipinski definition) is 1. The van der Waals surface area contributed by atoms with Crippen LogP contribution in [0.25, 0.3) is 0 Å². The van der Waals surface area contributed by atoms with Crippen molar-refractivity contribution < 1.29 is 9.90 Å². The third kappa shape index (κ3) is 4.12. The van der Waals surface area contributed by atoms with Gasteiger partial charge in [0.2, 0.25) is 0 Å². The molecule has 2 aliphatic heterocycles. The third-order valence-electron chi connectivity index (χ3n) is 5.90. The molecule has 0 radical (unpaired) electrons. The van der Waals surface area contributed by atoms with Crippen molar-refractivity contribution in [3.63, 3.8) is 0 Å². The average molecular weight is 377 g/mol. The molecule has 4 rings (SSSR count). The van der Waals surface area contributed by atoms with E-state index in [1.807, 2.05) is 0 Å². The Morgan fingerprint density at radius 1 is 0.964 bits per heavy atom. The molecule has 0 aliphatic carbocycles. The number of anilines is 2. The minimum Gasteiger partial charge on any atom is -0.481 e. The summed E-state index contributed by atoms with van der Waals surface area (Å²) >= 11 is 0. The summed E-state index contributed by atoms with van der Waals surface area (Å²) in [5.41, 5.74) is 5.38. The number of fused-ring (bicyclic) bond motifs is 2. The number of carboxylic acids is 1. The zero-order valence-electron chi connectivity index (χ0n) is 16.3. The summed E-state index contributed by atoms with van der Waals surface area (Å²) in [5, 5.41) is 9.26. The second-order valence-electron chi connectivity index (χ2n) is 7.78. The molecule has 2 aromatic rings. The van der Waals surface area contributed by atoms with Crippen LogP contribution in [0.15, 0.2) is 60.7 Å². The van der Waals surface area contributed by atoms with Gasteiger partial charge in [-0.1, -0.05) is 48.6 Å². The zero-order valence-corrected chi connectivity index (χ0v) is 16.3. The summed E-state index contributed by atoms with van der Waals surface area (Å²) in [7, 11) is 0. The Morgan fingerprint density at radius 3 is 2.21 bits per heavy atom. The van der Waals surface area contributed by atoms with Gasteiger partial charge in [-0.3, -0.25) is 9.69 Å². The molecule has 2 aromatic carbocycles. The van der Waals surface area contributed by atoms with Crippen LogP contribution in [0.3, 0.4) is 0 Å². The molecule has 4 nitrogen and oxygen atoms in total. The lowest BCUT2D eigenvalue weighted by Gasteiger charge is -2.29. The number of piperidine rings is 1. The first-order valence-electron chi connectivity index (χ1n) is 10.3. The van der Waals surface area contributed by atoms with Crippen LogP contribution in [0.5, 0.6) is 0 Å². The molecule has 1 saturated heterocycles. The molecular weight excluding hydrogens is 348 g/mol. The van der Waals surface area contributed by atoms with Crippen LogP contribution in [-0.4, -0.2) is 42.2 Å². The molecule has 1 atom stereocenters. The van der Waals surface area contributed by atoms with Crippen LogP contribution < -0.4 is 4.90 Å². The Morgan fingerprint density at radius 2 is 1.57 bits per heavy atom. The first-order valence-corrected chi connectivity index (χ1v) is 10.3. The molecule has 4 heteroatoms. The number of aliphatic carboxylic acids is 1. The molecule has 0 bridgehead atoms. The van der Waals surface area contributed by atoms with Crippen molar-refractivity contribution >= 4 is 17.3 Å². The van der Waals surface area contributed by atoms with Gasteiger partial charge in [-0.15, -0.1) is 0 Å². The van der Waals surface area contributed by atoms with Crippen LogP contribution in [0.2, 0.25) is 0 Å². The van der Waals surface area contributed by atoms with Crippen molar-refractivity contribution in [3.8, 4) is 0 Å². The van der Waals surface area contributed by atoms with Gasteiger partial charge in [0.05, 0.1) is 5.92 Å². The van der Waals surface area contributed by atoms with Crippen molar-refractivity contribution in [2.75, 3.05) is 31.1 Å². The highest BCUT2D eigenvalue weighted by molar-refractivity contribution is 5.71. The van der Waals surface area contributed by atoms with E-state index in [1.165, 1.54) is 22.5 Å². The maximum Gasteiger partial charge on any atom is 0.307 e. The fourth-order valence-corrected chi connectivity index (χ4v) is 4.39. The first kappa shape index (κ1) is 18.8. The number of para-hydroxylation sites is 2. The molecular formula is C24H28N2O2. The Hall–Kier alpha value is -2.59. The fraction of sp³-hybridized carbons (Fsp3) is 0.375. The van der Waals surface area contributed by atoms with Gasteiger partial charge in [0, 0.05) is 31.0 Å². The Kier molecular flexibility index (Phi) is 5.77. The van der Waals surface area contributed by atoms with Crippen LogP contribution in [-0.2, 0) is 17.6 Å². The molecule has 0 amide bonds. The lowest BCUT2D eigenvalue weighted by Crippen LogP contribution is -2.38. The zero-order chi connectivity index (χ0) is 19.3. The van der Waals surface area contributed by atoms with E-state index in [0.717, 1.165) is 45.3 Å². The highest BCUT2D eigenvalue weighted by atomic mass is 16.4. The van der Waals surface area contributed by atoms with E-state index in [4.69, 9.17) is 0 Å². The summed E-state index contributed by atoms with van der Waals surface area (Å²) in [4.78, 5) is 15.9. The molecule has 0 aromatic heterocycles. The molecule has 1 unspecified atom stereocenters. The minimum absolute atomic E-state index is 0.216. The maximum atomic E-state index is 11.3. The van der Waals surface area contributed by atoms with Crippen molar-refractivity contribution in [1.82, 2.24) is 4.90 Å². The van der Waals surface area contributed by atoms with E-state index in [9.17, 15) is 9.90 Å². The molecule has 1 N–H and O–H groups in total. The molecule has 0 saturated carbocycles. The Bertz CT molecular complexity index is 814. The van der Waals surface area contributed by atoms with Crippen molar-refractivity contribution in [2.24, 2.45) is 5.92 Å². The Labute approximate surface area is 167 Å². The van der Waals surface area contributed by atoms with Gasteiger partial charge in [0.25, 0.3) is 0 Å². The van der Waals surface area contributed by atoms with E-state index in [0.29, 0.717) is 6.54 Å². The number of carboxylic acid groups (broad SMARTS) is 1. The fourth-order valence-electron chi connectivity index (χ4n) is 4.39. The summed E-state index contributed by atoms with van der Waals surface area (Å²) in [6.07, 6.45) is 8.33. The van der Waals surface area contributed by atoms with Crippen LogP contribution >= 0.6 is 0 Å². The number of hydrogen-bond acceptors (Lipinski definition) is 3. The predicted molar refractivity (Wildman–Crippen MR) is 113 cm³/mol. The normalized spacial score (nSPS) is 19.9. The number of benzene rings is 2. The number of aryl methyl sites for hydroxylation is 2. The van der Waals surface area contributed by atoms with Gasteiger partial charge >= 0.3 is 5.97 Å². The van der Waals surface area contributed by atoms with Gasteiger partial charge in [-0.25, -0.2) is 0 Å². The van der Waals surface area contributed by atoms with E-state index in [2.05, 4.69) is 70.5 Å². The highest BCUT2D eigenvalue weighted by Crippen LogP contribution is 2.35. The predicted octanol–water partition coefficient (Wildman–Crippen LogP) is 4.28. The number of rotatable bonds is 5. The van der Waals surface area contributed by atoms with Gasteiger partial charge < -0.3 is 10.0 Å². The quantitative estimate of drug-likeness (QED) is 0.791. The molecule has 28 heavy (non-hydrogen) atoms. The number of nitrogens with zero attached hydrogens (tertiary/aromatic N) is 2. The van der Waals surface area contributed by atoms with Gasteiger partial charge in [0.1, 0.15) is 0 Å². The largest absolute Gasteiger partial charge is 0.481 e. The van der Waals surface area contributed by atoms with Gasteiger partial charge in [-0.2, -0.15) is 0 Å². The summed E-state index contributed by atoms with van der Waals surface area (Å²) in [6, 6.07) is 17.4. The van der Waals surface area contributed by atoms with Gasteiger partial charge in [-0.05, 0) is 55.5 Å². The van der Waals surface area contributed by atoms with Gasteiger partial charge in [0.15, 0.2) is 0 Å². The lowest BCUT2D eigenvalue weighted by molar-refractivity contribution is -0.143. The first-order chi connectivity index (χ1) is 13.7. The average Bonchev–Trinajstić information content (AvgIpc) is 2.88. The summed E-state index contributed by atoms with van der Waals surface area (Å²) in [6.45, 7) is 3.30. The topological polar surface area (TPSA) is 43.8 Å². The lowest BCUT2D eigenvalue weighted by atomic mass is 9.98. The monoisotopic (exact) mass is 376 g/mol. The Balaban J connectivity index is 1.47. The van der Waals surface area contributed by atoms with Crippen LogP contribution in [0, 0.1) is 5.92 Å². The molecule has 0 spiro atoms. The molecule has 146 valence electrons. The molecule has 2 heterocycles. The standard InChI is InChI=1S/C24H28N2O2/c27-24(28)21-10-7-16-25(18-21)15-5-6-17-26-22-11-3-1-8-19(22)13-14-20-9-2-4-12-23(20)26/h1-6,8-9,11-12,21H,7,10,13-18H2,(H,27,28)/b6-5+. The van der Waals surface area contributed by atoms with Crippen molar-refractivity contribution in [1.29, 1.82) is 0 Å². The molecule has 1 fully saturated rings. The SMILES string of the molecule is O=C(O)C1CCCN(C/C=C/CN2c3ccccc3CCc3ccccc32)C1. The summed E-state index contributed by atoms with van der Waals surface area (Å²) in [5.74, 6) is -0.877. The smallest absolute Gasteiger partial charge is 0.307 e. The van der Waals surface area contributed by atoms with E-state index >= 15 is 0 Å². The van der Waals surface area contributed by atoms with E-state index in [1.54, 1.807) is 0 Å². The van der Waals surface area contributed by atoms with Crippen LogP contribution in [0.4, 0.5) is 11.4 Å². The second-order valence-corrected chi connectivity index (χ2v) is 7.78. The summed E-state index contributed by atoms with van der Waals surface area (Å²) < 4.78 is 0. The number of likely N-dealkylation sites (tertiary alicyclic amines) is 1. The van der Waals surface area contributed by atoms with Crippen LogP contribution in [0.1, 0.15) is 24.0 Å². The highest BCUT2D eigenvalue weighted by Gasteiger charge is 2.24. The van der Waals surface area contributed by atoms with Crippen molar-refractivity contribution in [3.05, 3.63) is 71.8 Å². The maximum absolute atomic E-state index is 11.3.